The molecule has 2 heterocycles. The van der Waals surface area contributed by atoms with E-state index >= 15 is 0 Å². The Bertz CT molecular complexity index is 978. The molecule has 4 nitrogen and oxygen atoms in total. The molecule has 0 saturated carbocycles. The van der Waals surface area contributed by atoms with Crippen molar-refractivity contribution in [2.24, 2.45) is 0 Å². The van der Waals surface area contributed by atoms with E-state index in [0.717, 1.165) is 31.5 Å². The van der Waals surface area contributed by atoms with Crippen molar-refractivity contribution in [1.29, 1.82) is 0 Å². The second-order valence-corrected chi connectivity index (χ2v) is 7.28. The lowest BCUT2D eigenvalue weighted by Gasteiger charge is -2.29. The first kappa shape index (κ1) is 18.6. The van der Waals surface area contributed by atoms with Gasteiger partial charge >= 0.3 is 0 Å². The minimum absolute atomic E-state index is 0.158. The van der Waals surface area contributed by atoms with E-state index in [0.29, 0.717) is 22.2 Å². The summed E-state index contributed by atoms with van der Waals surface area (Å²) in [5.74, 6) is -0.0368. The van der Waals surface area contributed by atoms with Crippen LogP contribution in [0.4, 0.5) is 15.8 Å². The molecule has 28 heavy (non-hydrogen) atoms. The number of carbonyl (C=O) groups is 1. The van der Waals surface area contributed by atoms with Crippen molar-refractivity contribution in [2.45, 2.75) is 19.3 Å². The van der Waals surface area contributed by atoms with Gasteiger partial charge in [-0.25, -0.2) is 4.39 Å². The van der Waals surface area contributed by atoms with Gasteiger partial charge in [-0.05, 0) is 73.9 Å². The van der Waals surface area contributed by atoms with Crippen LogP contribution in [0.2, 0.25) is 5.02 Å². The fraction of sp³-hybridized carbons (Fsp3) is 0.227. The molecular formula is C22H20ClFN2O2. The molecule has 0 radical (unpaired) electrons. The number of anilines is 2. The van der Waals surface area contributed by atoms with Gasteiger partial charge < -0.3 is 14.6 Å². The first-order valence-corrected chi connectivity index (χ1v) is 9.69. The number of amides is 1. The van der Waals surface area contributed by atoms with Gasteiger partial charge in [0.2, 0.25) is 0 Å². The van der Waals surface area contributed by atoms with Gasteiger partial charge in [-0.15, -0.1) is 0 Å². The molecule has 1 saturated heterocycles. The topological polar surface area (TPSA) is 45.5 Å². The zero-order chi connectivity index (χ0) is 19.5. The van der Waals surface area contributed by atoms with Gasteiger partial charge in [0.15, 0.2) is 5.76 Å². The van der Waals surface area contributed by atoms with Crippen LogP contribution in [-0.2, 0) is 0 Å². The molecule has 0 spiro atoms. The third-order valence-electron chi connectivity index (χ3n) is 4.86. The first-order valence-electron chi connectivity index (χ1n) is 9.32. The van der Waals surface area contributed by atoms with E-state index in [2.05, 4.69) is 10.2 Å². The van der Waals surface area contributed by atoms with Crippen molar-refractivity contribution in [3.05, 3.63) is 71.2 Å². The maximum absolute atomic E-state index is 14.5. The second kappa shape index (κ2) is 8.07. The van der Waals surface area contributed by atoms with Crippen molar-refractivity contribution < 1.29 is 13.6 Å². The molecule has 1 aliphatic rings. The Balaban J connectivity index is 1.46. The number of nitrogens with one attached hydrogen (secondary N) is 1. The Labute approximate surface area is 167 Å². The Morgan fingerprint density at radius 1 is 1.00 bits per heavy atom. The summed E-state index contributed by atoms with van der Waals surface area (Å²) < 4.78 is 20.2. The van der Waals surface area contributed by atoms with Crippen LogP contribution >= 0.6 is 11.6 Å². The van der Waals surface area contributed by atoms with Gasteiger partial charge in [0.05, 0.1) is 5.69 Å². The van der Waals surface area contributed by atoms with Crippen molar-refractivity contribution >= 4 is 28.9 Å². The predicted octanol–water partition coefficient (Wildman–Crippen LogP) is 5.98. The Morgan fingerprint density at radius 3 is 2.46 bits per heavy atom. The molecule has 4 rings (SSSR count). The highest BCUT2D eigenvalue weighted by atomic mass is 35.5. The summed E-state index contributed by atoms with van der Waals surface area (Å²) in [5.41, 5.74) is 1.80. The maximum atomic E-state index is 14.5. The first-order chi connectivity index (χ1) is 13.6. The van der Waals surface area contributed by atoms with Gasteiger partial charge in [0.1, 0.15) is 11.6 Å². The molecule has 2 aromatic carbocycles. The molecule has 3 aromatic rings. The molecule has 1 fully saturated rings. The SMILES string of the molecule is O=C(Nc1ccc(N2CCCCC2)c(F)c1)c1ccc(-c2ccc(Cl)cc2)o1. The molecule has 0 bridgehead atoms. The van der Waals surface area contributed by atoms with Crippen LogP contribution in [0.25, 0.3) is 11.3 Å². The van der Waals surface area contributed by atoms with Crippen LogP contribution in [0.15, 0.2) is 59.0 Å². The van der Waals surface area contributed by atoms with Crippen molar-refractivity contribution in [1.82, 2.24) is 0 Å². The monoisotopic (exact) mass is 398 g/mol. The van der Waals surface area contributed by atoms with E-state index in [4.69, 9.17) is 16.0 Å². The van der Waals surface area contributed by atoms with E-state index < -0.39 is 5.91 Å². The van der Waals surface area contributed by atoms with E-state index in [9.17, 15) is 9.18 Å². The van der Waals surface area contributed by atoms with Crippen molar-refractivity contribution in [3.63, 3.8) is 0 Å². The minimum atomic E-state index is -0.426. The summed E-state index contributed by atoms with van der Waals surface area (Å²) in [5, 5.41) is 3.32. The van der Waals surface area contributed by atoms with Gasteiger partial charge in [0.25, 0.3) is 5.91 Å². The summed E-state index contributed by atoms with van der Waals surface area (Å²) in [6.45, 7) is 1.73. The van der Waals surface area contributed by atoms with E-state index in [1.807, 2.05) is 12.1 Å². The number of hydrogen-bond acceptors (Lipinski definition) is 3. The molecule has 1 N–H and O–H groups in total. The fourth-order valence-electron chi connectivity index (χ4n) is 3.40. The number of piperidine rings is 1. The Kier molecular flexibility index (Phi) is 5.35. The van der Waals surface area contributed by atoms with Crippen LogP contribution in [-0.4, -0.2) is 19.0 Å². The van der Waals surface area contributed by atoms with Gasteiger partial charge in [0, 0.05) is 29.4 Å². The van der Waals surface area contributed by atoms with Crippen LogP contribution < -0.4 is 10.2 Å². The quantitative estimate of drug-likeness (QED) is 0.587. The summed E-state index contributed by atoms with van der Waals surface area (Å²) >= 11 is 5.89. The zero-order valence-electron chi connectivity index (χ0n) is 15.3. The smallest absolute Gasteiger partial charge is 0.291 e. The summed E-state index contributed by atoms with van der Waals surface area (Å²) in [4.78, 5) is 14.5. The molecule has 6 heteroatoms. The number of nitrogens with zero attached hydrogens (tertiary/aromatic N) is 1. The fourth-order valence-corrected chi connectivity index (χ4v) is 3.52. The molecular weight excluding hydrogens is 379 g/mol. The summed E-state index contributed by atoms with van der Waals surface area (Å²) in [7, 11) is 0. The Hall–Kier alpha value is -2.79. The average molecular weight is 399 g/mol. The Morgan fingerprint density at radius 2 is 1.75 bits per heavy atom. The molecule has 1 aliphatic heterocycles. The molecule has 1 amide bonds. The molecule has 1 aromatic heterocycles. The zero-order valence-corrected chi connectivity index (χ0v) is 16.0. The number of rotatable bonds is 4. The minimum Gasteiger partial charge on any atom is -0.451 e. The van der Waals surface area contributed by atoms with E-state index in [1.165, 1.54) is 12.5 Å². The number of hydrogen-bond donors (Lipinski definition) is 1. The van der Waals surface area contributed by atoms with Crippen LogP contribution in [0.1, 0.15) is 29.8 Å². The number of halogens is 2. The second-order valence-electron chi connectivity index (χ2n) is 6.84. The highest BCUT2D eigenvalue weighted by molar-refractivity contribution is 6.30. The summed E-state index contributed by atoms with van der Waals surface area (Å²) in [6.07, 6.45) is 3.34. The lowest BCUT2D eigenvalue weighted by molar-refractivity contribution is 0.0997. The number of furan rings is 1. The normalized spacial score (nSPS) is 14.1. The summed E-state index contributed by atoms with van der Waals surface area (Å²) in [6, 6.07) is 15.2. The van der Waals surface area contributed by atoms with Crippen molar-refractivity contribution in [2.75, 3.05) is 23.3 Å². The van der Waals surface area contributed by atoms with Crippen LogP contribution in [0.5, 0.6) is 0 Å². The third-order valence-corrected chi connectivity index (χ3v) is 5.11. The van der Waals surface area contributed by atoms with E-state index in [-0.39, 0.29) is 11.6 Å². The standard InChI is InChI=1S/C22H20ClFN2O2/c23-16-6-4-15(5-7-16)20-10-11-21(28-20)22(27)25-17-8-9-19(18(24)14-17)26-12-2-1-3-13-26/h4-11,14H,1-3,12-13H2,(H,25,27). The predicted molar refractivity (Wildman–Crippen MR) is 110 cm³/mol. The highest BCUT2D eigenvalue weighted by Crippen LogP contribution is 2.27. The number of carbonyl (C=O) groups excluding carboxylic acids is 1. The van der Waals surface area contributed by atoms with Crippen LogP contribution in [0, 0.1) is 5.82 Å². The maximum Gasteiger partial charge on any atom is 0.291 e. The molecule has 144 valence electrons. The third kappa shape index (κ3) is 4.04. The number of benzene rings is 2. The van der Waals surface area contributed by atoms with Gasteiger partial charge in [-0.1, -0.05) is 11.6 Å². The molecule has 0 unspecified atom stereocenters. The largest absolute Gasteiger partial charge is 0.451 e. The van der Waals surface area contributed by atoms with Gasteiger partial charge in [-0.3, -0.25) is 4.79 Å². The average Bonchev–Trinajstić information content (AvgIpc) is 3.20. The molecule has 0 atom stereocenters. The van der Waals surface area contributed by atoms with E-state index in [1.54, 1.807) is 36.4 Å². The lowest BCUT2D eigenvalue weighted by atomic mass is 10.1. The van der Waals surface area contributed by atoms with Crippen LogP contribution in [0.3, 0.4) is 0 Å². The van der Waals surface area contributed by atoms with Crippen molar-refractivity contribution in [3.8, 4) is 11.3 Å². The molecule has 0 aliphatic carbocycles. The highest BCUT2D eigenvalue weighted by Gasteiger charge is 2.17. The lowest BCUT2D eigenvalue weighted by Crippen LogP contribution is -2.30. The van der Waals surface area contributed by atoms with Gasteiger partial charge in [-0.2, -0.15) is 0 Å².